The normalized spacial score (nSPS) is 27.9. The minimum atomic E-state index is -4.58. The Bertz CT molecular complexity index is 1010. The van der Waals surface area contributed by atoms with Crippen molar-refractivity contribution >= 4 is 11.7 Å². The highest BCUT2D eigenvalue weighted by Crippen LogP contribution is 2.48. The first kappa shape index (κ1) is 21.3. The molecule has 2 unspecified atom stereocenters. The fourth-order valence-corrected chi connectivity index (χ4v) is 3.89. The maximum Gasteiger partial charge on any atom is 0.421 e. The number of hydrogen-bond acceptors (Lipinski definition) is 6. The van der Waals surface area contributed by atoms with Gasteiger partial charge in [-0.2, -0.15) is 13.2 Å². The second-order valence-electron chi connectivity index (χ2n) is 7.80. The monoisotopic (exact) mass is 438 g/mol. The lowest BCUT2D eigenvalue weighted by Gasteiger charge is -2.31. The maximum absolute atomic E-state index is 13.5. The van der Waals surface area contributed by atoms with Crippen LogP contribution in [-0.2, 0) is 16.9 Å². The molecule has 0 bridgehead atoms. The number of nitrogens with zero attached hydrogens (tertiary/aromatic N) is 3. The van der Waals surface area contributed by atoms with Gasteiger partial charge in [0.15, 0.2) is 11.3 Å². The van der Waals surface area contributed by atoms with E-state index < -0.39 is 29.6 Å². The van der Waals surface area contributed by atoms with Gasteiger partial charge >= 0.3 is 18.2 Å². The number of urea groups is 1. The second kappa shape index (κ2) is 7.06. The van der Waals surface area contributed by atoms with Gasteiger partial charge < -0.3 is 19.9 Å². The van der Waals surface area contributed by atoms with E-state index in [2.05, 4.69) is 15.3 Å². The van der Waals surface area contributed by atoms with Gasteiger partial charge in [0.25, 0.3) is 0 Å². The summed E-state index contributed by atoms with van der Waals surface area (Å²) in [6.07, 6.45) is -1.47. The summed E-state index contributed by atoms with van der Waals surface area (Å²) in [5, 5.41) is 13.4. The van der Waals surface area contributed by atoms with E-state index in [1.807, 2.05) is 6.92 Å². The number of amides is 2. The third kappa shape index (κ3) is 3.37. The van der Waals surface area contributed by atoms with Crippen LogP contribution in [0.1, 0.15) is 38.3 Å². The molecule has 0 aliphatic carbocycles. The van der Waals surface area contributed by atoms with Crippen LogP contribution in [0.3, 0.4) is 0 Å². The van der Waals surface area contributed by atoms with Crippen LogP contribution in [0, 0.1) is 0 Å². The molecule has 4 rings (SSSR count). The standard InChI is InChI=1S/C20H21F3N4O4/c1-4-15-19(3,29)27(17(28)26-15)12-8-24-16(25-9-12)31-13-6-5-11-10-30-18(2,14(11)7-13)20(21,22)23/h5-9,15,29H,4,10H2,1-3H3,(H,26,28)/t15-,18?,19?/m1/s1. The Labute approximate surface area is 176 Å². The van der Waals surface area contributed by atoms with E-state index in [9.17, 15) is 23.1 Å². The van der Waals surface area contributed by atoms with Crippen LogP contribution in [0.4, 0.5) is 23.7 Å². The van der Waals surface area contributed by atoms with Crippen molar-refractivity contribution in [2.24, 2.45) is 0 Å². The number of benzene rings is 1. The number of nitrogens with one attached hydrogen (secondary N) is 1. The molecule has 1 aromatic carbocycles. The van der Waals surface area contributed by atoms with E-state index in [0.717, 1.165) is 11.8 Å². The molecular formula is C20H21F3N4O4. The summed E-state index contributed by atoms with van der Waals surface area (Å²) in [5.74, 6) is 0.115. The average molecular weight is 438 g/mol. The molecule has 0 radical (unpaired) electrons. The number of alkyl halides is 3. The predicted molar refractivity (Wildman–Crippen MR) is 102 cm³/mol. The Hall–Kier alpha value is -2.92. The smallest absolute Gasteiger partial charge is 0.421 e. The van der Waals surface area contributed by atoms with Gasteiger partial charge in [0.2, 0.25) is 0 Å². The molecule has 2 aliphatic heterocycles. The van der Waals surface area contributed by atoms with Crippen molar-refractivity contribution < 1.29 is 32.5 Å². The Morgan fingerprint density at radius 2 is 2.00 bits per heavy atom. The van der Waals surface area contributed by atoms with Crippen molar-refractivity contribution in [3.05, 3.63) is 41.7 Å². The summed E-state index contributed by atoms with van der Waals surface area (Å²) >= 11 is 0. The summed E-state index contributed by atoms with van der Waals surface area (Å²) in [6.45, 7) is 4.17. The first-order chi connectivity index (χ1) is 14.5. The van der Waals surface area contributed by atoms with Gasteiger partial charge in [0.05, 0.1) is 30.7 Å². The minimum Gasteiger partial charge on any atom is -0.424 e. The maximum atomic E-state index is 13.5. The first-order valence-corrected chi connectivity index (χ1v) is 9.64. The summed E-state index contributed by atoms with van der Waals surface area (Å²) in [4.78, 5) is 21.5. The molecule has 11 heteroatoms. The van der Waals surface area contributed by atoms with Crippen LogP contribution < -0.4 is 15.0 Å². The second-order valence-corrected chi connectivity index (χ2v) is 7.80. The molecule has 2 amide bonds. The van der Waals surface area contributed by atoms with Gasteiger partial charge in [-0.15, -0.1) is 0 Å². The minimum absolute atomic E-state index is 0.0236. The topological polar surface area (TPSA) is 96.8 Å². The predicted octanol–water partition coefficient (Wildman–Crippen LogP) is 3.59. The third-order valence-corrected chi connectivity index (χ3v) is 5.76. The molecule has 0 spiro atoms. The van der Waals surface area contributed by atoms with Crippen LogP contribution in [0.15, 0.2) is 30.6 Å². The first-order valence-electron chi connectivity index (χ1n) is 9.64. The van der Waals surface area contributed by atoms with E-state index >= 15 is 0 Å². The molecule has 31 heavy (non-hydrogen) atoms. The number of anilines is 1. The molecule has 3 heterocycles. The van der Waals surface area contributed by atoms with Crippen molar-refractivity contribution in [1.29, 1.82) is 0 Å². The number of ether oxygens (including phenoxy) is 2. The summed E-state index contributed by atoms with van der Waals surface area (Å²) in [7, 11) is 0. The molecule has 2 aliphatic rings. The van der Waals surface area contributed by atoms with Crippen LogP contribution in [0.2, 0.25) is 0 Å². The number of carbonyl (C=O) groups excluding carboxylic acids is 1. The molecule has 8 nitrogen and oxygen atoms in total. The zero-order valence-corrected chi connectivity index (χ0v) is 17.0. The van der Waals surface area contributed by atoms with E-state index in [4.69, 9.17) is 9.47 Å². The fourth-order valence-electron chi connectivity index (χ4n) is 3.89. The quantitative estimate of drug-likeness (QED) is 0.757. The van der Waals surface area contributed by atoms with Crippen molar-refractivity contribution in [3.8, 4) is 11.8 Å². The van der Waals surface area contributed by atoms with Crippen molar-refractivity contribution in [1.82, 2.24) is 15.3 Å². The van der Waals surface area contributed by atoms with E-state index in [1.54, 1.807) is 0 Å². The molecule has 1 fully saturated rings. The zero-order valence-electron chi connectivity index (χ0n) is 17.0. The Morgan fingerprint density at radius 3 is 2.58 bits per heavy atom. The molecule has 1 aromatic heterocycles. The number of fused-ring (bicyclic) bond motifs is 1. The SMILES string of the molecule is CC[C@H]1NC(=O)N(c2cnc(Oc3ccc4c(c3)C(C)(C(F)(F)F)OC4)nc2)C1(C)O. The average Bonchev–Trinajstić information content (AvgIpc) is 3.16. The number of hydrogen-bond donors (Lipinski definition) is 2. The molecule has 0 saturated carbocycles. The molecule has 2 aromatic rings. The Balaban J connectivity index is 1.56. The van der Waals surface area contributed by atoms with Crippen LogP contribution in [-0.4, -0.2) is 39.0 Å². The highest BCUT2D eigenvalue weighted by atomic mass is 19.4. The van der Waals surface area contributed by atoms with Crippen LogP contribution >= 0.6 is 0 Å². The van der Waals surface area contributed by atoms with Crippen molar-refractivity contribution in [2.75, 3.05) is 4.90 Å². The molecule has 1 saturated heterocycles. The number of aromatic nitrogens is 2. The van der Waals surface area contributed by atoms with Crippen molar-refractivity contribution in [2.45, 2.75) is 57.3 Å². The lowest BCUT2D eigenvalue weighted by Crippen LogP contribution is -2.49. The highest BCUT2D eigenvalue weighted by Gasteiger charge is 2.57. The van der Waals surface area contributed by atoms with Gasteiger partial charge in [-0.3, -0.25) is 4.90 Å². The lowest BCUT2D eigenvalue weighted by atomic mass is 9.93. The molecule has 3 atom stereocenters. The van der Waals surface area contributed by atoms with Crippen LogP contribution in [0.25, 0.3) is 0 Å². The lowest BCUT2D eigenvalue weighted by molar-refractivity contribution is -0.272. The number of aliphatic hydroxyl groups is 1. The number of halogens is 3. The molecular weight excluding hydrogens is 417 g/mol. The van der Waals surface area contributed by atoms with Gasteiger partial charge in [-0.05, 0) is 38.0 Å². The van der Waals surface area contributed by atoms with Gasteiger partial charge in [-0.1, -0.05) is 13.0 Å². The van der Waals surface area contributed by atoms with E-state index in [0.29, 0.717) is 12.0 Å². The largest absolute Gasteiger partial charge is 0.424 e. The molecule has 166 valence electrons. The Morgan fingerprint density at radius 1 is 1.32 bits per heavy atom. The summed E-state index contributed by atoms with van der Waals surface area (Å²) in [5.41, 5.74) is -3.24. The van der Waals surface area contributed by atoms with Gasteiger partial charge in [-0.25, -0.2) is 14.8 Å². The number of rotatable bonds is 4. The van der Waals surface area contributed by atoms with Crippen LogP contribution in [0.5, 0.6) is 11.8 Å². The van der Waals surface area contributed by atoms with E-state index in [-0.39, 0.29) is 29.6 Å². The van der Waals surface area contributed by atoms with Gasteiger partial charge in [0.1, 0.15) is 5.75 Å². The summed E-state index contributed by atoms with van der Waals surface area (Å²) in [6, 6.07) is 3.20. The number of carbonyl (C=O) groups is 1. The Kier molecular flexibility index (Phi) is 4.85. The van der Waals surface area contributed by atoms with Crippen molar-refractivity contribution in [3.63, 3.8) is 0 Å². The van der Waals surface area contributed by atoms with Gasteiger partial charge in [0, 0.05) is 5.56 Å². The molecule has 2 N–H and O–H groups in total. The van der Waals surface area contributed by atoms with E-state index in [1.165, 1.54) is 37.5 Å². The highest BCUT2D eigenvalue weighted by molar-refractivity contribution is 5.95. The zero-order chi connectivity index (χ0) is 22.6. The third-order valence-electron chi connectivity index (χ3n) is 5.76. The summed E-state index contributed by atoms with van der Waals surface area (Å²) < 4.78 is 51.0. The fraction of sp³-hybridized carbons (Fsp3) is 0.450.